The number of ether oxygens (including phenoxy) is 1. The van der Waals surface area contributed by atoms with E-state index >= 15 is 0 Å². The summed E-state index contributed by atoms with van der Waals surface area (Å²) in [6.45, 7) is 1.38. The molecule has 0 fully saturated rings. The molecule has 0 aliphatic heterocycles. The quantitative estimate of drug-likeness (QED) is 0.522. The molecule has 2 rings (SSSR count). The Morgan fingerprint density at radius 1 is 1.20 bits per heavy atom. The fraction of sp³-hybridized carbons (Fsp3) is 0.0625. The lowest BCUT2D eigenvalue weighted by Gasteiger charge is -2.05. The van der Waals surface area contributed by atoms with Gasteiger partial charge in [-0.25, -0.2) is 0 Å². The molecule has 102 valence electrons. The number of phenolic OH excluding ortho intramolecular Hbond substituents is 1. The molecule has 0 radical (unpaired) electrons. The highest BCUT2D eigenvalue weighted by Crippen LogP contribution is 2.30. The van der Waals surface area contributed by atoms with Gasteiger partial charge < -0.3 is 9.84 Å². The van der Waals surface area contributed by atoms with Crippen molar-refractivity contribution >= 4 is 23.8 Å². The highest BCUT2D eigenvalue weighted by Gasteiger charge is 2.04. The lowest BCUT2D eigenvalue weighted by Crippen LogP contribution is -2.01. The van der Waals surface area contributed by atoms with Gasteiger partial charge in [0.1, 0.15) is 11.5 Å². The maximum Gasteiger partial charge on any atom is 0.308 e. The molecule has 0 amide bonds. The van der Waals surface area contributed by atoms with Crippen LogP contribution in [0, 0.1) is 0 Å². The fourth-order valence-corrected chi connectivity index (χ4v) is 2.36. The van der Waals surface area contributed by atoms with Gasteiger partial charge in [-0.2, -0.15) is 0 Å². The number of carbonyl (C=O) groups excluding carboxylic acids is 1. The Morgan fingerprint density at radius 2 is 2.00 bits per heavy atom. The number of para-hydroxylation sites is 1. The maximum atomic E-state index is 11.0. The minimum absolute atomic E-state index is 0.234. The zero-order valence-electron chi connectivity index (χ0n) is 10.9. The molecule has 0 bridgehead atoms. The Labute approximate surface area is 121 Å². The third kappa shape index (κ3) is 4.17. The van der Waals surface area contributed by atoms with Crippen LogP contribution in [0.1, 0.15) is 12.5 Å². The van der Waals surface area contributed by atoms with Gasteiger partial charge in [-0.3, -0.25) is 4.79 Å². The van der Waals surface area contributed by atoms with Crippen molar-refractivity contribution in [2.24, 2.45) is 0 Å². The number of hydrogen-bond acceptors (Lipinski definition) is 4. The van der Waals surface area contributed by atoms with Crippen molar-refractivity contribution in [3.05, 3.63) is 59.5 Å². The SMILES string of the molecule is CC(=O)Oc1ccccc1S/C=C\c1cccc(O)c1. The zero-order valence-corrected chi connectivity index (χ0v) is 11.8. The van der Waals surface area contributed by atoms with Crippen molar-refractivity contribution in [2.45, 2.75) is 11.8 Å². The summed E-state index contributed by atoms with van der Waals surface area (Å²) in [6.07, 6.45) is 1.88. The van der Waals surface area contributed by atoms with Crippen molar-refractivity contribution in [1.82, 2.24) is 0 Å². The van der Waals surface area contributed by atoms with Gasteiger partial charge in [-0.15, -0.1) is 0 Å². The van der Waals surface area contributed by atoms with E-state index in [1.807, 2.05) is 35.7 Å². The van der Waals surface area contributed by atoms with Crippen LogP contribution in [0.5, 0.6) is 11.5 Å². The first-order valence-corrected chi connectivity index (χ1v) is 6.93. The van der Waals surface area contributed by atoms with Gasteiger partial charge in [0.05, 0.1) is 4.90 Å². The Balaban J connectivity index is 2.09. The Morgan fingerprint density at radius 3 is 2.75 bits per heavy atom. The summed E-state index contributed by atoms with van der Waals surface area (Å²) in [5.41, 5.74) is 0.905. The van der Waals surface area contributed by atoms with E-state index in [9.17, 15) is 9.90 Å². The number of hydrogen-bond donors (Lipinski definition) is 1. The molecule has 0 unspecified atom stereocenters. The molecule has 0 heterocycles. The van der Waals surface area contributed by atoms with Crippen LogP contribution in [-0.4, -0.2) is 11.1 Å². The van der Waals surface area contributed by atoms with Crippen molar-refractivity contribution < 1.29 is 14.6 Å². The summed E-state index contributed by atoms with van der Waals surface area (Å²) < 4.78 is 5.13. The Hall–Kier alpha value is -2.20. The van der Waals surface area contributed by atoms with Gasteiger partial charge in [0.25, 0.3) is 0 Å². The summed E-state index contributed by atoms with van der Waals surface area (Å²) in [7, 11) is 0. The van der Waals surface area contributed by atoms with E-state index in [1.165, 1.54) is 18.7 Å². The standard InChI is InChI=1S/C16H14O3S/c1-12(17)19-15-7-2-3-8-16(15)20-10-9-13-5-4-6-14(18)11-13/h2-11,18H,1H3/b10-9-. The largest absolute Gasteiger partial charge is 0.508 e. The number of aromatic hydroxyl groups is 1. The number of phenols is 1. The van der Waals surface area contributed by atoms with E-state index in [-0.39, 0.29) is 11.7 Å². The summed E-state index contributed by atoms with van der Waals surface area (Å²) in [4.78, 5) is 11.9. The fourth-order valence-electron chi connectivity index (χ4n) is 1.60. The lowest BCUT2D eigenvalue weighted by atomic mass is 10.2. The third-order valence-electron chi connectivity index (χ3n) is 2.43. The van der Waals surface area contributed by atoms with Crippen LogP contribution in [0.3, 0.4) is 0 Å². The molecule has 0 aromatic heterocycles. The van der Waals surface area contributed by atoms with Crippen molar-refractivity contribution in [2.75, 3.05) is 0 Å². The first-order valence-electron chi connectivity index (χ1n) is 6.05. The third-order valence-corrected chi connectivity index (χ3v) is 3.29. The predicted molar refractivity (Wildman–Crippen MR) is 80.7 cm³/mol. The van der Waals surface area contributed by atoms with Crippen molar-refractivity contribution in [1.29, 1.82) is 0 Å². The van der Waals surface area contributed by atoms with E-state index in [0.717, 1.165) is 10.5 Å². The number of esters is 1. The van der Waals surface area contributed by atoms with Gasteiger partial charge in [-0.05, 0) is 41.3 Å². The summed E-state index contributed by atoms with van der Waals surface area (Å²) in [5.74, 6) is 0.443. The molecule has 0 spiro atoms. The van der Waals surface area contributed by atoms with E-state index in [2.05, 4.69) is 0 Å². The van der Waals surface area contributed by atoms with Crippen LogP contribution < -0.4 is 4.74 Å². The van der Waals surface area contributed by atoms with Gasteiger partial charge in [-0.1, -0.05) is 36.0 Å². The molecule has 0 aliphatic carbocycles. The molecular weight excluding hydrogens is 272 g/mol. The van der Waals surface area contributed by atoms with Gasteiger partial charge in [0.2, 0.25) is 0 Å². The second-order valence-electron chi connectivity index (χ2n) is 4.06. The molecule has 0 saturated heterocycles. The van der Waals surface area contributed by atoms with E-state index in [4.69, 9.17) is 4.74 Å². The number of benzene rings is 2. The molecule has 20 heavy (non-hydrogen) atoms. The van der Waals surface area contributed by atoms with Crippen molar-refractivity contribution in [3.63, 3.8) is 0 Å². The van der Waals surface area contributed by atoms with Gasteiger partial charge in [0, 0.05) is 6.92 Å². The molecule has 1 N–H and O–H groups in total. The Kier molecular flexibility index (Phi) is 4.85. The topological polar surface area (TPSA) is 46.5 Å². The molecule has 2 aromatic carbocycles. The normalized spacial score (nSPS) is 10.7. The van der Waals surface area contributed by atoms with Gasteiger partial charge >= 0.3 is 5.97 Å². The first kappa shape index (κ1) is 14.2. The van der Waals surface area contributed by atoms with E-state index < -0.39 is 0 Å². The lowest BCUT2D eigenvalue weighted by molar-refractivity contribution is -0.132. The highest BCUT2D eigenvalue weighted by atomic mass is 32.2. The van der Waals surface area contributed by atoms with E-state index in [0.29, 0.717) is 5.75 Å². The number of carbonyl (C=O) groups is 1. The van der Waals surface area contributed by atoms with Crippen molar-refractivity contribution in [3.8, 4) is 11.5 Å². The average molecular weight is 286 g/mol. The van der Waals surface area contributed by atoms with Crippen LogP contribution in [0.4, 0.5) is 0 Å². The van der Waals surface area contributed by atoms with Crippen LogP contribution in [0.2, 0.25) is 0 Å². The van der Waals surface area contributed by atoms with Crippen LogP contribution in [0.15, 0.2) is 58.8 Å². The monoisotopic (exact) mass is 286 g/mol. The van der Waals surface area contributed by atoms with Crippen LogP contribution in [0.25, 0.3) is 6.08 Å². The molecule has 0 atom stereocenters. The molecule has 2 aromatic rings. The van der Waals surface area contributed by atoms with Gasteiger partial charge in [0.15, 0.2) is 0 Å². The van der Waals surface area contributed by atoms with E-state index in [1.54, 1.807) is 24.3 Å². The average Bonchev–Trinajstić information content (AvgIpc) is 2.40. The number of rotatable bonds is 4. The molecule has 4 heteroatoms. The minimum atomic E-state index is -0.338. The van der Waals surface area contributed by atoms with Crippen LogP contribution in [-0.2, 0) is 4.79 Å². The predicted octanol–water partition coefficient (Wildman–Crippen LogP) is 4.08. The number of thioether (sulfide) groups is 1. The summed E-state index contributed by atoms with van der Waals surface area (Å²) in [5, 5.41) is 11.3. The highest BCUT2D eigenvalue weighted by molar-refractivity contribution is 8.02. The maximum absolute atomic E-state index is 11.0. The smallest absolute Gasteiger partial charge is 0.308 e. The Bertz CT molecular complexity index is 635. The second-order valence-corrected chi connectivity index (χ2v) is 5.00. The second kappa shape index (κ2) is 6.82. The summed E-state index contributed by atoms with van der Waals surface area (Å²) >= 11 is 1.45. The molecule has 0 aliphatic rings. The molecular formula is C16H14O3S. The minimum Gasteiger partial charge on any atom is -0.508 e. The zero-order chi connectivity index (χ0) is 14.4. The summed E-state index contributed by atoms with van der Waals surface area (Å²) in [6, 6.07) is 14.3. The van der Waals surface area contributed by atoms with Crippen LogP contribution >= 0.6 is 11.8 Å². The molecule has 0 saturated carbocycles. The molecule has 3 nitrogen and oxygen atoms in total. The first-order chi connectivity index (χ1) is 9.65.